The van der Waals surface area contributed by atoms with E-state index in [0.717, 1.165) is 6.42 Å². The summed E-state index contributed by atoms with van der Waals surface area (Å²) in [5.74, 6) is 0.575. The van der Waals surface area contributed by atoms with Gasteiger partial charge in [-0.1, -0.05) is 19.8 Å². The molecular formula is C12H23NO2. The van der Waals surface area contributed by atoms with Gasteiger partial charge in [-0.25, -0.2) is 4.79 Å². The molecule has 1 N–H and O–H groups in total. The highest BCUT2D eigenvalue weighted by molar-refractivity contribution is 5.68. The van der Waals surface area contributed by atoms with Gasteiger partial charge >= 0.3 is 6.09 Å². The Balaban J connectivity index is 2.36. The zero-order valence-corrected chi connectivity index (χ0v) is 10.3. The molecule has 0 saturated heterocycles. The number of carbonyl (C=O) groups is 1. The lowest BCUT2D eigenvalue weighted by Gasteiger charge is -2.30. The van der Waals surface area contributed by atoms with Crippen LogP contribution < -0.4 is 5.32 Å². The Bertz CT molecular complexity index is 220. The highest BCUT2D eigenvalue weighted by Gasteiger charge is 2.25. The summed E-state index contributed by atoms with van der Waals surface area (Å²) in [6, 6.07) is 0.300. The third-order valence-corrected chi connectivity index (χ3v) is 2.81. The molecule has 0 heterocycles. The van der Waals surface area contributed by atoms with E-state index in [1.54, 1.807) is 0 Å². The molecule has 3 heteroatoms. The van der Waals surface area contributed by atoms with Crippen LogP contribution in [0.2, 0.25) is 0 Å². The second kappa shape index (κ2) is 4.86. The summed E-state index contributed by atoms with van der Waals surface area (Å²) in [7, 11) is 0. The van der Waals surface area contributed by atoms with Crippen molar-refractivity contribution in [3.63, 3.8) is 0 Å². The van der Waals surface area contributed by atoms with Crippen molar-refractivity contribution in [2.45, 2.75) is 65.0 Å². The molecule has 1 rings (SSSR count). The highest BCUT2D eigenvalue weighted by atomic mass is 16.6. The summed E-state index contributed by atoms with van der Waals surface area (Å²) in [4.78, 5) is 11.5. The molecule has 0 radical (unpaired) electrons. The molecule has 2 atom stereocenters. The molecular weight excluding hydrogens is 190 g/mol. The van der Waals surface area contributed by atoms with Crippen molar-refractivity contribution in [2.75, 3.05) is 0 Å². The summed E-state index contributed by atoms with van der Waals surface area (Å²) in [6.45, 7) is 7.85. The molecule has 0 spiro atoms. The summed E-state index contributed by atoms with van der Waals surface area (Å²) >= 11 is 0. The Kier molecular flexibility index (Phi) is 4.00. The van der Waals surface area contributed by atoms with Gasteiger partial charge in [0.1, 0.15) is 5.60 Å². The Morgan fingerprint density at radius 3 is 2.40 bits per heavy atom. The molecule has 0 aromatic carbocycles. The van der Waals surface area contributed by atoms with Crippen LogP contribution in [0.4, 0.5) is 4.79 Å². The van der Waals surface area contributed by atoms with Gasteiger partial charge in [0.25, 0.3) is 0 Å². The van der Waals surface area contributed by atoms with Crippen molar-refractivity contribution in [1.29, 1.82) is 0 Å². The fraction of sp³-hybridized carbons (Fsp3) is 0.917. The van der Waals surface area contributed by atoms with Crippen molar-refractivity contribution >= 4 is 6.09 Å². The molecule has 0 aromatic rings. The quantitative estimate of drug-likeness (QED) is 0.727. The van der Waals surface area contributed by atoms with Crippen molar-refractivity contribution in [2.24, 2.45) is 5.92 Å². The molecule has 1 fully saturated rings. The average Bonchev–Trinajstić information content (AvgIpc) is 2.05. The SMILES string of the molecule is C[C@@H]1CCCC[C@H]1NC(=O)OC(C)(C)C. The smallest absolute Gasteiger partial charge is 0.407 e. The van der Waals surface area contributed by atoms with Crippen LogP contribution in [0.1, 0.15) is 53.4 Å². The first-order valence-electron chi connectivity index (χ1n) is 5.88. The molecule has 15 heavy (non-hydrogen) atoms. The van der Waals surface area contributed by atoms with Crippen LogP contribution in [0.3, 0.4) is 0 Å². The number of ether oxygens (including phenoxy) is 1. The Morgan fingerprint density at radius 1 is 1.27 bits per heavy atom. The summed E-state index contributed by atoms with van der Waals surface area (Å²) in [5, 5.41) is 2.96. The van der Waals surface area contributed by atoms with Gasteiger partial charge in [0.15, 0.2) is 0 Å². The van der Waals surface area contributed by atoms with Gasteiger partial charge in [-0.05, 0) is 39.5 Å². The largest absolute Gasteiger partial charge is 0.444 e. The molecule has 1 saturated carbocycles. The Morgan fingerprint density at radius 2 is 1.87 bits per heavy atom. The number of rotatable bonds is 1. The van der Waals surface area contributed by atoms with E-state index in [4.69, 9.17) is 4.74 Å². The van der Waals surface area contributed by atoms with Crippen LogP contribution in [-0.4, -0.2) is 17.7 Å². The second-order valence-corrected chi connectivity index (χ2v) is 5.51. The van der Waals surface area contributed by atoms with E-state index >= 15 is 0 Å². The summed E-state index contributed by atoms with van der Waals surface area (Å²) < 4.78 is 5.24. The maximum atomic E-state index is 11.5. The number of nitrogens with one attached hydrogen (secondary N) is 1. The van der Waals surface area contributed by atoms with Gasteiger partial charge in [0.2, 0.25) is 0 Å². The predicted molar refractivity (Wildman–Crippen MR) is 60.8 cm³/mol. The molecule has 3 nitrogen and oxygen atoms in total. The van der Waals surface area contributed by atoms with Crippen LogP contribution in [0.25, 0.3) is 0 Å². The highest BCUT2D eigenvalue weighted by Crippen LogP contribution is 2.23. The standard InChI is InChI=1S/C12H23NO2/c1-9-7-5-6-8-10(9)13-11(14)15-12(2,3)4/h9-10H,5-8H2,1-4H3,(H,13,14)/t9-,10-/m1/s1. The van der Waals surface area contributed by atoms with E-state index in [0.29, 0.717) is 12.0 Å². The lowest BCUT2D eigenvalue weighted by Crippen LogP contribution is -2.43. The van der Waals surface area contributed by atoms with Crippen LogP contribution in [-0.2, 0) is 4.74 Å². The lowest BCUT2D eigenvalue weighted by molar-refractivity contribution is 0.0473. The monoisotopic (exact) mass is 213 g/mol. The summed E-state index contributed by atoms with van der Waals surface area (Å²) in [6.07, 6.45) is 4.51. The van der Waals surface area contributed by atoms with Crippen molar-refractivity contribution in [3.05, 3.63) is 0 Å². The number of alkyl carbamates (subject to hydrolysis) is 1. The number of hydrogen-bond acceptors (Lipinski definition) is 2. The zero-order valence-electron chi connectivity index (χ0n) is 10.3. The summed E-state index contributed by atoms with van der Waals surface area (Å²) in [5.41, 5.74) is -0.401. The van der Waals surface area contributed by atoms with Crippen molar-refractivity contribution < 1.29 is 9.53 Å². The Hall–Kier alpha value is -0.730. The number of amides is 1. The number of hydrogen-bond donors (Lipinski definition) is 1. The van der Waals surface area contributed by atoms with E-state index in [1.807, 2.05) is 20.8 Å². The minimum Gasteiger partial charge on any atom is -0.444 e. The first-order valence-corrected chi connectivity index (χ1v) is 5.88. The van der Waals surface area contributed by atoms with Crippen LogP contribution in [0.15, 0.2) is 0 Å². The Labute approximate surface area is 92.6 Å². The molecule has 1 aliphatic carbocycles. The molecule has 1 aliphatic rings. The van der Waals surface area contributed by atoms with Crippen molar-refractivity contribution in [3.8, 4) is 0 Å². The van der Waals surface area contributed by atoms with Gasteiger partial charge < -0.3 is 10.1 Å². The number of carbonyl (C=O) groups excluding carboxylic acids is 1. The lowest BCUT2D eigenvalue weighted by atomic mass is 9.86. The average molecular weight is 213 g/mol. The van der Waals surface area contributed by atoms with Crippen LogP contribution in [0.5, 0.6) is 0 Å². The molecule has 0 bridgehead atoms. The molecule has 0 aliphatic heterocycles. The normalized spacial score (nSPS) is 27.2. The van der Waals surface area contributed by atoms with Gasteiger partial charge in [0.05, 0.1) is 0 Å². The zero-order chi connectivity index (χ0) is 11.5. The van der Waals surface area contributed by atoms with E-state index in [2.05, 4.69) is 12.2 Å². The van der Waals surface area contributed by atoms with Crippen LogP contribution >= 0.6 is 0 Å². The fourth-order valence-electron chi connectivity index (χ4n) is 1.99. The minimum absolute atomic E-state index is 0.277. The molecule has 1 amide bonds. The van der Waals surface area contributed by atoms with Crippen molar-refractivity contribution in [1.82, 2.24) is 5.32 Å². The van der Waals surface area contributed by atoms with Crippen LogP contribution in [0, 0.1) is 5.92 Å². The van der Waals surface area contributed by atoms with E-state index in [-0.39, 0.29) is 6.09 Å². The first kappa shape index (κ1) is 12.3. The first-order chi connectivity index (χ1) is 6.88. The van der Waals surface area contributed by atoms with Gasteiger partial charge in [-0.3, -0.25) is 0 Å². The maximum Gasteiger partial charge on any atom is 0.407 e. The molecule has 88 valence electrons. The minimum atomic E-state index is -0.401. The fourth-order valence-corrected chi connectivity index (χ4v) is 1.99. The van der Waals surface area contributed by atoms with E-state index < -0.39 is 5.60 Å². The topological polar surface area (TPSA) is 38.3 Å². The van der Waals surface area contributed by atoms with Gasteiger partial charge in [-0.15, -0.1) is 0 Å². The van der Waals surface area contributed by atoms with Gasteiger partial charge in [-0.2, -0.15) is 0 Å². The van der Waals surface area contributed by atoms with E-state index in [9.17, 15) is 4.79 Å². The second-order valence-electron chi connectivity index (χ2n) is 5.51. The predicted octanol–water partition coefficient (Wildman–Crippen LogP) is 3.09. The molecule has 0 aromatic heterocycles. The van der Waals surface area contributed by atoms with E-state index in [1.165, 1.54) is 19.3 Å². The van der Waals surface area contributed by atoms with Gasteiger partial charge in [0, 0.05) is 6.04 Å². The third kappa shape index (κ3) is 4.54. The molecule has 0 unspecified atom stereocenters. The maximum absolute atomic E-state index is 11.5. The third-order valence-electron chi connectivity index (χ3n) is 2.81.